The third-order valence-corrected chi connectivity index (χ3v) is 3.66. The van der Waals surface area contributed by atoms with E-state index in [1.54, 1.807) is 0 Å². The largest absolute Gasteiger partial charge is 0.362 e. The summed E-state index contributed by atoms with van der Waals surface area (Å²) in [4.78, 5) is 0. The predicted molar refractivity (Wildman–Crippen MR) is 73.8 cm³/mol. The van der Waals surface area contributed by atoms with E-state index in [-0.39, 0.29) is 5.54 Å². The van der Waals surface area contributed by atoms with E-state index in [1.807, 2.05) is 19.1 Å². The van der Waals surface area contributed by atoms with Crippen LogP contribution in [0.4, 0.5) is 5.82 Å². The van der Waals surface area contributed by atoms with Crippen molar-refractivity contribution in [3.8, 4) is 0 Å². The first kappa shape index (κ1) is 11.4. The van der Waals surface area contributed by atoms with Gasteiger partial charge in [0.15, 0.2) is 5.82 Å². The molecule has 1 aliphatic heterocycles. The number of rotatable bonds is 2. The van der Waals surface area contributed by atoms with Gasteiger partial charge in [-0.2, -0.15) is 5.10 Å². The van der Waals surface area contributed by atoms with Crippen molar-refractivity contribution in [2.24, 2.45) is 0 Å². The molecule has 1 aliphatic rings. The van der Waals surface area contributed by atoms with E-state index in [9.17, 15) is 0 Å². The molecule has 4 nitrogen and oxygen atoms in total. The highest BCUT2D eigenvalue weighted by Gasteiger charge is 2.29. The SMILES string of the molecule is Cc1nnc(NC2(C)CCNC2)c2ccccc12. The molecule has 2 heterocycles. The summed E-state index contributed by atoms with van der Waals surface area (Å²) in [6.45, 7) is 6.25. The van der Waals surface area contributed by atoms with E-state index in [4.69, 9.17) is 0 Å². The van der Waals surface area contributed by atoms with Crippen molar-refractivity contribution in [3.63, 3.8) is 0 Å². The highest BCUT2D eigenvalue weighted by Crippen LogP contribution is 2.26. The Hall–Kier alpha value is -1.68. The molecule has 2 N–H and O–H groups in total. The molecule has 1 atom stereocenters. The predicted octanol–water partition coefficient (Wildman–Crippen LogP) is 2.10. The number of nitrogens with zero attached hydrogens (tertiary/aromatic N) is 2. The van der Waals surface area contributed by atoms with Crippen LogP contribution in [-0.4, -0.2) is 28.8 Å². The van der Waals surface area contributed by atoms with Gasteiger partial charge in [0, 0.05) is 22.9 Å². The van der Waals surface area contributed by atoms with Gasteiger partial charge < -0.3 is 10.6 Å². The summed E-state index contributed by atoms with van der Waals surface area (Å²) in [5, 5.41) is 17.8. The van der Waals surface area contributed by atoms with Gasteiger partial charge >= 0.3 is 0 Å². The molecule has 0 aliphatic carbocycles. The van der Waals surface area contributed by atoms with Crippen molar-refractivity contribution in [2.45, 2.75) is 25.8 Å². The average molecular weight is 242 g/mol. The second kappa shape index (κ2) is 4.21. The fraction of sp³-hybridized carbons (Fsp3) is 0.429. The summed E-state index contributed by atoms with van der Waals surface area (Å²) >= 11 is 0. The van der Waals surface area contributed by atoms with Gasteiger partial charge in [-0.25, -0.2) is 0 Å². The van der Waals surface area contributed by atoms with E-state index < -0.39 is 0 Å². The fourth-order valence-corrected chi connectivity index (χ4v) is 2.54. The topological polar surface area (TPSA) is 49.8 Å². The standard InChI is InChI=1S/C14H18N4/c1-10-11-5-3-4-6-12(11)13(18-17-10)16-14(2)7-8-15-9-14/h3-6,15H,7-9H2,1-2H3,(H,16,18). The van der Waals surface area contributed by atoms with Crippen molar-refractivity contribution in [3.05, 3.63) is 30.0 Å². The molecule has 94 valence electrons. The Morgan fingerprint density at radius 1 is 1.22 bits per heavy atom. The lowest BCUT2D eigenvalue weighted by Crippen LogP contribution is -2.37. The second-order valence-electron chi connectivity index (χ2n) is 5.29. The first-order chi connectivity index (χ1) is 8.68. The Labute approximate surface area is 107 Å². The van der Waals surface area contributed by atoms with Crippen LogP contribution in [0.15, 0.2) is 24.3 Å². The second-order valence-corrected chi connectivity index (χ2v) is 5.29. The maximum atomic E-state index is 4.33. The molecule has 18 heavy (non-hydrogen) atoms. The Kier molecular flexibility index (Phi) is 2.67. The molecule has 1 fully saturated rings. The minimum atomic E-state index is 0.0761. The van der Waals surface area contributed by atoms with Crippen molar-refractivity contribution in [2.75, 3.05) is 18.4 Å². The summed E-state index contributed by atoms with van der Waals surface area (Å²) in [6.07, 6.45) is 1.11. The number of aromatic nitrogens is 2. The molecule has 0 radical (unpaired) electrons. The maximum absolute atomic E-state index is 4.33. The van der Waals surface area contributed by atoms with Crippen molar-refractivity contribution in [1.29, 1.82) is 0 Å². The van der Waals surface area contributed by atoms with Crippen LogP contribution < -0.4 is 10.6 Å². The van der Waals surface area contributed by atoms with Crippen LogP contribution in [0.1, 0.15) is 19.0 Å². The van der Waals surface area contributed by atoms with E-state index in [0.717, 1.165) is 36.4 Å². The Balaban J connectivity index is 2.04. The smallest absolute Gasteiger partial charge is 0.157 e. The summed E-state index contributed by atoms with van der Waals surface area (Å²) in [7, 11) is 0. The highest BCUT2D eigenvalue weighted by atomic mass is 15.2. The van der Waals surface area contributed by atoms with Crippen molar-refractivity contribution >= 4 is 16.6 Å². The van der Waals surface area contributed by atoms with Crippen LogP contribution in [0.25, 0.3) is 10.8 Å². The third-order valence-electron chi connectivity index (χ3n) is 3.66. The molecule has 1 saturated heterocycles. The Bertz CT molecular complexity index is 573. The van der Waals surface area contributed by atoms with Gasteiger partial charge in [-0.05, 0) is 26.8 Å². The van der Waals surface area contributed by atoms with Gasteiger partial charge in [0.2, 0.25) is 0 Å². The lowest BCUT2D eigenvalue weighted by molar-refractivity contribution is 0.564. The number of fused-ring (bicyclic) bond motifs is 1. The fourth-order valence-electron chi connectivity index (χ4n) is 2.54. The molecule has 0 spiro atoms. The van der Waals surface area contributed by atoms with E-state index in [2.05, 4.69) is 39.9 Å². The first-order valence-electron chi connectivity index (χ1n) is 6.39. The monoisotopic (exact) mass is 242 g/mol. The van der Waals surface area contributed by atoms with Crippen LogP contribution >= 0.6 is 0 Å². The van der Waals surface area contributed by atoms with Gasteiger partial charge in [-0.15, -0.1) is 5.10 Å². The van der Waals surface area contributed by atoms with Gasteiger partial charge in [0.25, 0.3) is 0 Å². The summed E-state index contributed by atoms with van der Waals surface area (Å²) in [5.41, 5.74) is 1.05. The number of hydrogen-bond acceptors (Lipinski definition) is 4. The van der Waals surface area contributed by atoms with E-state index >= 15 is 0 Å². The molecular weight excluding hydrogens is 224 g/mol. The quantitative estimate of drug-likeness (QED) is 0.846. The number of hydrogen-bond donors (Lipinski definition) is 2. The van der Waals surface area contributed by atoms with Crippen LogP contribution in [-0.2, 0) is 0 Å². The minimum absolute atomic E-state index is 0.0761. The molecule has 2 aromatic rings. The Morgan fingerprint density at radius 3 is 2.72 bits per heavy atom. The van der Waals surface area contributed by atoms with Gasteiger partial charge in [0.1, 0.15) is 0 Å². The van der Waals surface area contributed by atoms with Crippen molar-refractivity contribution < 1.29 is 0 Å². The molecule has 3 rings (SSSR count). The van der Waals surface area contributed by atoms with Crippen LogP contribution in [0, 0.1) is 6.92 Å². The normalized spacial score (nSPS) is 23.4. The van der Waals surface area contributed by atoms with Gasteiger partial charge in [-0.1, -0.05) is 24.3 Å². The zero-order valence-electron chi connectivity index (χ0n) is 10.8. The lowest BCUT2D eigenvalue weighted by atomic mass is 10.0. The average Bonchev–Trinajstić information content (AvgIpc) is 2.80. The summed E-state index contributed by atoms with van der Waals surface area (Å²) < 4.78 is 0. The number of nitrogens with one attached hydrogen (secondary N) is 2. The number of anilines is 1. The molecule has 0 bridgehead atoms. The lowest BCUT2D eigenvalue weighted by Gasteiger charge is -2.25. The summed E-state index contributed by atoms with van der Waals surface area (Å²) in [6, 6.07) is 8.29. The zero-order chi connectivity index (χ0) is 12.6. The molecule has 0 amide bonds. The zero-order valence-corrected chi connectivity index (χ0v) is 10.8. The third kappa shape index (κ3) is 1.93. The summed E-state index contributed by atoms with van der Waals surface area (Å²) in [5.74, 6) is 0.891. The maximum Gasteiger partial charge on any atom is 0.157 e. The molecule has 1 unspecified atom stereocenters. The molecule has 0 saturated carbocycles. The van der Waals surface area contributed by atoms with Crippen LogP contribution in [0.3, 0.4) is 0 Å². The van der Waals surface area contributed by atoms with Gasteiger partial charge in [0.05, 0.1) is 5.69 Å². The van der Waals surface area contributed by atoms with Gasteiger partial charge in [-0.3, -0.25) is 0 Å². The first-order valence-corrected chi connectivity index (χ1v) is 6.39. The molecule has 1 aromatic heterocycles. The van der Waals surface area contributed by atoms with E-state index in [1.165, 1.54) is 5.39 Å². The van der Waals surface area contributed by atoms with Crippen molar-refractivity contribution in [1.82, 2.24) is 15.5 Å². The molecule has 4 heteroatoms. The number of benzene rings is 1. The van der Waals surface area contributed by atoms with E-state index in [0.29, 0.717) is 0 Å². The molecule has 1 aromatic carbocycles. The molecular formula is C14H18N4. The number of aryl methyl sites for hydroxylation is 1. The highest BCUT2D eigenvalue weighted by molar-refractivity contribution is 5.93. The Morgan fingerprint density at radius 2 is 2.00 bits per heavy atom. The minimum Gasteiger partial charge on any atom is -0.362 e. The van der Waals surface area contributed by atoms with Crippen LogP contribution in [0.2, 0.25) is 0 Å². The van der Waals surface area contributed by atoms with Crippen LogP contribution in [0.5, 0.6) is 0 Å².